The van der Waals surface area contributed by atoms with Crippen molar-refractivity contribution in [3.63, 3.8) is 0 Å². The van der Waals surface area contributed by atoms with E-state index in [2.05, 4.69) is 11.1 Å². The predicted molar refractivity (Wildman–Crippen MR) is 119 cm³/mol. The van der Waals surface area contributed by atoms with Gasteiger partial charge in [-0.25, -0.2) is 4.79 Å². The van der Waals surface area contributed by atoms with Gasteiger partial charge in [0.25, 0.3) is 0 Å². The van der Waals surface area contributed by atoms with Crippen LogP contribution in [0.15, 0.2) is 77.4 Å². The molecule has 33 heavy (non-hydrogen) atoms. The molecule has 0 N–H and O–H groups in total. The summed E-state index contributed by atoms with van der Waals surface area (Å²) in [4.78, 5) is 17.0. The molecule has 3 heterocycles. The molecular weight excluding hydrogens is 422 g/mol. The Hall–Kier alpha value is -4.25. The van der Waals surface area contributed by atoms with Gasteiger partial charge in [0.2, 0.25) is 5.88 Å². The SMILES string of the molecule is N#CCOc1ccc2c(c1)CCn1c-2cc(OC(C2=CC=CCC2)C2=COC=CO2)nc1=O. The van der Waals surface area contributed by atoms with Gasteiger partial charge in [0.15, 0.2) is 18.5 Å². The third-order valence-electron chi connectivity index (χ3n) is 5.65. The van der Waals surface area contributed by atoms with E-state index in [0.29, 0.717) is 24.5 Å². The second-order valence-electron chi connectivity index (χ2n) is 7.68. The number of aryl methyl sites for hydroxylation is 1. The van der Waals surface area contributed by atoms with Crippen LogP contribution >= 0.6 is 0 Å². The highest BCUT2D eigenvalue weighted by atomic mass is 16.6. The van der Waals surface area contributed by atoms with E-state index in [0.717, 1.165) is 35.2 Å². The highest BCUT2D eigenvalue weighted by molar-refractivity contribution is 5.67. The number of hydrogen-bond donors (Lipinski definition) is 0. The van der Waals surface area contributed by atoms with Crippen molar-refractivity contribution in [3.8, 4) is 29.0 Å². The van der Waals surface area contributed by atoms with Gasteiger partial charge in [-0.15, -0.1) is 0 Å². The smallest absolute Gasteiger partial charge is 0.351 e. The molecule has 1 aromatic heterocycles. The Balaban J connectivity index is 1.50. The van der Waals surface area contributed by atoms with Gasteiger partial charge in [-0.05, 0) is 48.6 Å². The molecule has 1 atom stereocenters. The molecule has 8 heteroatoms. The van der Waals surface area contributed by atoms with Crippen LogP contribution in [0.25, 0.3) is 11.3 Å². The number of nitrogens with zero attached hydrogens (tertiary/aromatic N) is 3. The molecule has 0 fully saturated rings. The van der Waals surface area contributed by atoms with Crippen LogP contribution < -0.4 is 15.2 Å². The number of ether oxygens (including phenoxy) is 4. The summed E-state index contributed by atoms with van der Waals surface area (Å²) in [6.45, 7) is 0.489. The van der Waals surface area contributed by atoms with E-state index in [9.17, 15) is 4.79 Å². The van der Waals surface area contributed by atoms with Crippen LogP contribution in [0, 0.1) is 11.3 Å². The lowest BCUT2D eigenvalue weighted by molar-refractivity contribution is 0.154. The molecule has 0 amide bonds. The maximum absolute atomic E-state index is 12.8. The average Bonchev–Trinajstić information content (AvgIpc) is 2.86. The largest absolute Gasteiger partial charge is 0.479 e. The molecule has 0 saturated heterocycles. The van der Waals surface area contributed by atoms with Crippen molar-refractivity contribution in [1.29, 1.82) is 5.26 Å². The number of aromatic nitrogens is 2. The fourth-order valence-electron chi connectivity index (χ4n) is 4.12. The zero-order valence-electron chi connectivity index (χ0n) is 17.8. The first-order valence-corrected chi connectivity index (χ1v) is 10.7. The molecule has 1 aliphatic carbocycles. The Labute approximate surface area is 190 Å². The van der Waals surface area contributed by atoms with Crippen LogP contribution in [0.5, 0.6) is 11.6 Å². The van der Waals surface area contributed by atoms with E-state index >= 15 is 0 Å². The Kier molecular flexibility index (Phi) is 5.68. The van der Waals surface area contributed by atoms with Gasteiger partial charge in [0.1, 0.15) is 30.6 Å². The molecule has 1 aromatic carbocycles. The summed E-state index contributed by atoms with van der Waals surface area (Å²) in [5.41, 5.74) is 3.30. The molecule has 166 valence electrons. The topological polar surface area (TPSA) is 95.6 Å². The molecule has 0 spiro atoms. The Bertz CT molecular complexity index is 1300. The second-order valence-corrected chi connectivity index (χ2v) is 7.68. The molecule has 2 aromatic rings. The van der Waals surface area contributed by atoms with Gasteiger partial charge in [-0.1, -0.05) is 18.2 Å². The molecule has 3 aliphatic rings. The summed E-state index contributed by atoms with van der Waals surface area (Å²) in [5.74, 6) is 1.32. The Morgan fingerprint density at radius 2 is 2.18 bits per heavy atom. The van der Waals surface area contributed by atoms with Crippen molar-refractivity contribution in [2.45, 2.75) is 31.9 Å². The normalized spacial score (nSPS) is 16.7. The summed E-state index contributed by atoms with van der Waals surface area (Å²) in [7, 11) is 0. The number of hydrogen-bond acceptors (Lipinski definition) is 7. The number of allylic oxidation sites excluding steroid dienone is 3. The fourth-order valence-corrected chi connectivity index (χ4v) is 4.12. The number of nitriles is 1. The Morgan fingerprint density at radius 1 is 1.24 bits per heavy atom. The zero-order chi connectivity index (χ0) is 22.6. The van der Waals surface area contributed by atoms with E-state index in [1.807, 2.05) is 30.4 Å². The third-order valence-corrected chi connectivity index (χ3v) is 5.65. The molecule has 2 aliphatic heterocycles. The summed E-state index contributed by atoms with van der Waals surface area (Å²) in [6.07, 6.45) is 12.2. The minimum Gasteiger partial charge on any atom is -0.479 e. The minimum absolute atomic E-state index is 0.0139. The van der Waals surface area contributed by atoms with Crippen LogP contribution in [0.1, 0.15) is 18.4 Å². The van der Waals surface area contributed by atoms with Crippen LogP contribution in [-0.2, 0) is 22.4 Å². The quantitative estimate of drug-likeness (QED) is 0.671. The number of rotatable bonds is 6. The molecule has 0 bridgehead atoms. The monoisotopic (exact) mass is 443 g/mol. The van der Waals surface area contributed by atoms with Gasteiger partial charge in [0.05, 0.1) is 5.69 Å². The summed E-state index contributed by atoms with van der Waals surface area (Å²) >= 11 is 0. The van der Waals surface area contributed by atoms with E-state index in [-0.39, 0.29) is 18.2 Å². The van der Waals surface area contributed by atoms with E-state index in [1.54, 1.807) is 16.7 Å². The van der Waals surface area contributed by atoms with Gasteiger partial charge in [-0.3, -0.25) is 4.57 Å². The Morgan fingerprint density at radius 3 is 2.97 bits per heavy atom. The van der Waals surface area contributed by atoms with E-state index in [1.165, 1.54) is 18.8 Å². The van der Waals surface area contributed by atoms with Crippen molar-refractivity contribution in [2.24, 2.45) is 0 Å². The molecular formula is C25H21N3O5. The highest BCUT2D eigenvalue weighted by Gasteiger charge is 2.27. The standard InChI is InChI=1S/C25H21N3O5/c26-9-11-31-19-6-7-20-18(14-19)8-10-28-21(20)15-23(27-25(28)29)33-24(17-4-2-1-3-5-17)22-16-30-12-13-32-22/h1-2,4,6-7,12-16,24H,3,5,8,10-11H2. The van der Waals surface area contributed by atoms with Crippen molar-refractivity contribution in [2.75, 3.05) is 6.61 Å². The van der Waals surface area contributed by atoms with E-state index < -0.39 is 6.10 Å². The molecule has 0 radical (unpaired) electrons. The molecule has 0 saturated carbocycles. The zero-order valence-corrected chi connectivity index (χ0v) is 17.8. The molecule has 8 nitrogen and oxygen atoms in total. The summed E-state index contributed by atoms with van der Waals surface area (Å²) in [6, 6.07) is 9.35. The van der Waals surface area contributed by atoms with Gasteiger partial charge >= 0.3 is 5.69 Å². The predicted octanol–water partition coefficient (Wildman–Crippen LogP) is 3.75. The summed E-state index contributed by atoms with van der Waals surface area (Å²) in [5, 5.41) is 8.75. The van der Waals surface area contributed by atoms with Crippen molar-refractivity contribution in [3.05, 3.63) is 88.7 Å². The second kappa shape index (κ2) is 9.09. The third kappa shape index (κ3) is 4.26. The summed E-state index contributed by atoms with van der Waals surface area (Å²) < 4.78 is 24.2. The van der Waals surface area contributed by atoms with Crippen LogP contribution in [0.4, 0.5) is 0 Å². The van der Waals surface area contributed by atoms with Crippen molar-refractivity contribution < 1.29 is 18.9 Å². The van der Waals surface area contributed by atoms with Gasteiger partial charge < -0.3 is 18.9 Å². The molecule has 1 unspecified atom stereocenters. The minimum atomic E-state index is -0.570. The lowest BCUT2D eigenvalue weighted by Gasteiger charge is -2.26. The van der Waals surface area contributed by atoms with Gasteiger partial charge in [-0.2, -0.15) is 10.2 Å². The maximum Gasteiger partial charge on any atom is 0.351 e. The number of fused-ring (bicyclic) bond motifs is 3. The first kappa shape index (κ1) is 20.6. The van der Waals surface area contributed by atoms with Crippen LogP contribution in [0.3, 0.4) is 0 Å². The average molecular weight is 443 g/mol. The van der Waals surface area contributed by atoms with Crippen molar-refractivity contribution in [1.82, 2.24) is 9.55 Å². The number of benzene rings is 1. The van der Waals surface area contributed by atoms with E-state index in [4.69, 9.17) is 24.2 Å². The first-order chi connectivity index (χ1) is 16.2. The maximum atomic E-state index is 12.8. The van der Waals surface area contributed by atoms with Crippen LogP contribution in [0.2, 0.25) is 0 Å². The van der Waals surface area contributed by atoms with Crippen molar-refractivity contribution >= 4 is 0 Å². The lowest BCUT2D eigenvalue weighted by Crippen LogP contribution is -2.31. The molecule has 5 rings (SSSR count). The first-order valence-electron chi connectivity index (χ1n) is 10.7. The lowest BCUT2D eigenvalue weighted by atomic mass is 9.97. The van der Waals surface area contributed by atoms with Gasteiger partial charge in [0, 0.05) is 18.2 Å². The highest BCUT2D eigenvalue weighted by Crippen LogP contribution is 2.33. The van der Waals surface area contributed by atoms with Crippen LogP contribution in [-0.4, -0.2) is 22.3 Å². The fraction of sp³-hybridized carbons (Fsp3) is 0.240.